The zero-order valence-electron chi connectivity index (χ0n) is 11.6. The van der Waals surface area contributed by atoms with Crippen molar-refractivity contribution in [2.45, 2.75) is 51.5 Å². The highest BCUT2D eigenvalue weighted by Crippen LogP contribution is 2.29. The van der Waals surface area contributed by atoms with E-state index in [4.69, 9.17) is 5.26 Å². The van der Waals surface area contributed by atoms with Gasteiger partial charge < -0.3 is 10.2 Å². The van der Waals surface area contributed by atoms with Crippen LogP contribution in [0.5, 0.6) is 0 Å². The predicted octanol–water partition coefficient (Wildman–Crippen LogP) is 2.39. The lowest BCUT2D eigenvalue weighted by Gasteiger charge is -2.25. The quantitative estimate of drug-likeness (QED) is 0.669. The van der Waals surface area contributed by atoms with E-state index in [2.05, 4.69) is 23.2 Å². The summed E-state index contributed by atoms with van der Waals surface area (Å²) in [6, 6.07) is 2.36. The second-order valence-corrected chi connectivity index (χ2v) is 5.54. The molecule has 3 nitrogen and oxygen atoms in total. The van der Waals surface area contributed by atoms with Gasteiger partial charge in [-0.05, 0) is 65.1 Å². The normalized spacial score (nSPS) is 19.0. The molecule has 0 aromatic carbocycles. The molecule has 1 N–H and O–H groups in total. The average Bonchev–Trinajstić information content (AvgIpc) is 3.13. The van der Waals surface area contributed by atoms with Gasteiger partial charge in [-0.25, -0.2) is 0 Å². The van der Waals surface area contributed by atoms with Gasteiger partial charge in [-0.3, -0.25) is 0 Å². The highest BCUT2D eigenvalue weighted by Gasteiger charge is 2.25. The Kier molecular flexibility index (Phi) is 5.94. The van der Waals surface area contributed by atoms with Crippen molar-refractivity contribution < 1.29 is 0 Å². The molecule has 1 aliphatic carbocycles. The van der Waals surface area contributed by atoms with Crippen LogP contribution < -0.4 is 5.32 Å². The van der Waals surface area contributed by atoms with Crippen LogP contribution in [0.15, 0.2) is 0 Å². The largest absolute Gasteiger partial charge is 0.303 e. The third kappa shape index (κ3) is 5.52. The van der Waals surface area contributed by atoms with Crippen LogP contribution in [0.4, 0.5) is 0 Å². The molecule has 3 heteroatoms. The second kappa shape index (κ2) is 6.98. The van der Waals surface area contributed by atoms with Crippen LogP contribution >= 0.6 is 0 Å². The summed E-state index contributed by atoms with van der Waals surface area (Å²) < 4.78 is 0. The zero-order chi connectivity index (χ0) is 12.7. The van der Waals surface area contributed by atoms with Crippen LogP contribution in [0.3, 0.4) is 0 Å². The fourth-order valence-corrected chi connectivity index (χ4v) is 2.17. The molecule has 1 fully saturated rings. The van der Waals surface area contributed by atoms with E-state index >= 15 is 0 Å². The molecule has 0 bridgehead atoms. The van der Waals surface area contributed by atoms with Gasteiger partial charge in [0.1, 0.15) is 5.54 Å². The Balaban J connectivity index is 2.23. The maximum Gasteiger partial charge on any atom is 0.103 e. The molecule has 1 saturated carbocycles. The molecular formula is C14H27N3. The highest BCUT2D eigenvalue weighted by atomic mass is 15.1. The Morgan fingerprint density at radius 2 is 2.12 bits per heavy atom. The van der Waals surface area contributed by atoms with Crippen LogP contribution in [-0.2, 0) is 0 Å². The predicted molar refractivity (Wildman–Crippen MR) is 71.8 cm³/mol. The lowest BCUT2D eigenvalue weighted by molar-refractivity contribution is 0.249. The van der Waals surface area contributed by atoms with Crippen LogP contribution in [0.2, 0.25) is 0 Å². The van der Waals surface area contributed by atoms with Crippen LogP contribution in [0, 0.1) is 17.2 Å². The van der Waals surface area contributed by atoms with E-state index < -0.39 is 0 Å². The van der Waals surface area contributed by atoms with Crippen molar-refractivity contribution in [1.82, 2.24) is 10.2 Å². The summed E-state index contributed by atoms with van der Waals surface area (Å²) in [6.07, 6.45) is 6.12. The first kappa shape index (κ1) is 14.5. The molecular weight excluding hydrogens is 210 g/mol. The molecule has 1 aliphatic rings. The lowest BCUT2D eigenvalue weighted by atomic mass is 9.98. The first-order valence-corrected chi connectivity index (χ1v) is 6.96. The number of nitrogens with one attached hydrogen (secondary N) is 1. The van der Waals surface area contributed by atoms with Gasteiger partial charge in [-0.1, -0.05) is 6.92 Å². The first-order chi connectivity index (χ1) is 8.13. The van der Waals surface area contributed by atoms with Crippen molar-refractivity contribution in [3.63, 3.8) is 0 Å². The molecule has 1 rings (SSSR count). The van der Waals surface area contributed by atoms with Gasteiger partial charge in [0.15, 0.2) is 0 Å². The fourth-order valence-electron chi connectivity index (χ4n) is 2.17. The van der Waals surface area contributed by atoms with Gasteiger partial charge in [0, 0.05) is 6.54 Å². The van der Waals surface area contributed by atoms with E-state index in [1.807, 2.05) is 14.0 Å². The summed E-state index contributed by atoms with van der Waals surface area (Å²) in [7, 11) is 1.87. The number of rotatable bonds is 9. The molecule has 0 aliphatic heterocycles. The van der Waals surface area contributed by atoms with Crippen molar-refractivity contribution in [1.29, 1.82) is 5.26 Å². The molecule has 17 heavy (non-hydrogen) atoms. The molecule has 1 unspecified atom stereocenters. The van der Waals surface area contributed by atoms with Gasteiger partial charge in [-0.2, -0.15) is 5.26 Å². The number of hydrogen-bond donors (Lipinski definition) is 1. The monoisotopic (exact) mass is 237 g/mol. The van der Waals surface area contributed by atoms with Gasteiger partial charge >= 0.3 is 0 Å². The Hall–Kier alpha value is -0.590. The van der Waals surface area contributed by atoms with E-state index in [0.29, 0.717) is 0 Å². The minimum absolute atomic E-state index is 0.350. The number of nitriles is 1. The summed E-state index contributed by atoms with van der Waals surface area (Å²) in [5, 5.41) is 12.2. The van der Waals surface area contributed by atoms with E-state index in [0.717, 1.165) is 25.3 Å². The van der Waals surface area contributed by atoms with Gasteiger partial charge in [-0.15, -0.1) is 0 Å². The Bertz CT molecular complexity index is 255. The van der Waals surface area contributed by atoms with Gasteiger partial charge in [0.2, 0.25) is 0 Å². The van der Waals surface area contributed by atoms with Crippen LogP contribution in [0.1, 0.15) is 46.0 Å². The molecule has 0 aromatic heterocycles. The Morgan fingerprint density at radius 1 is 1.41 bits per heavy atom. The van der Waals surface area contributed by atoms with E-state index in [1.165, 1.54) is 32.4 Å². The molecule has 0 radical (unpaired) electrons. The molecule has 0 heterocycles. The maximum absolute atomic E-state index is 9.08. The zero-order valence-corrected chi connectivity index (χ0v) is 11.6. The summed E-state index contributed by atoms with van der Waals surface area (Å²) in [6.45, 7) is 7.85. The van der Waals surface area contributed by atoms with Crippen molar-refractivity contribution in [3.8, 4) is 6.07 Å². The summed E-state index contributed by atoms with van der Waals surface area (Å²) in [5.74, 6) is 0.966. The highest BCUT2D eigenvalue weighted by molar-refractivity contribution is 5.02. The van der Waals surface area contributed by atoms with Crippen molar-refractivity contribution in [2.24, 2.45) is 5.92 Å². The van der Waals surface area contributed by atoms with Crippen molar-refractivity contribution in [3.05, 3.63) is 0 Å². The first-order valence-electron chi connectivity index (χ1n) is 6.96. The SMILES string of the molecule is CCCN(CCCC(C)(C#N)NC)CC1CC1. The number of hydrogen-bond acceptors (Lipinski definition) is 3. The van der Waals surface area contributed by atoms with E-state index in [1.54, 1.807) is 0 Å². The minimum atomic E-state index is -0.350. The molecule has 0 saturated heterocycles. The van der Waals surface area contributed by atoms with E-state index in [-0.39, 0.29) is 5.54 Å². The maximum atomic E-state index is 9.08. The molecule has 0 aromatic rings. The molecule has 1 atom stereocenters. The average molecular weight is 237 g/mol. The molecule has 0 spiro atoms. The smallest absolute Gasteiger partial charge is 0.103 e. The van der Waals surface area contributed by atoms with Gasteiger partial charge in [0.25, 0.3) is 0 Å². The van der Waals surface area contributed by atoms with Crippen molar-refractivity contribution >= 4 is 0 Å². The van der Waals surface area contributed by atoms with E-state index in [9.17, 15) is 0 Å². The summed E-state index contributed by atoms with van der Waals surface area (Å²) in [4.78, 5) is 2.57. The minimum Gasteiger partial charge on any atom is -0.303 e. The third-order valence-electron chi connectivity index (χ3n) is 3.70. The van der Waals surface area contributed by atoms with Gasteiger partial charge in [0.05, 0.1) is 6.07 Å². The fraction of sp³-hybridized carbons (Fsp3) is 0.929. The van der Waals surface area contributed by atoms with Crippen LogP contribution in [0.25, 0.3) is 0 Å². The number of nitrogens with zero attached hydrogens (tertiary/aromatic N) is 2. The second-order valence-electron chi connectivity index (χ2n) is 5.54. The third-order valence-corrected chi connectivity index (χ3v) is 3.70. The van der Waals surface area contributed by atoms with Crippen molar-refractivity contribution in [2.75, 3.05) is 26.7 Å². The Morgan fingerprint density at radius 3 is 2.59 bits per heavy atom. The summed E-state index contributed by atoms with van der Waals surface area (Å²) >= 11 is 0. The molecule has 0 amide bonds. The topological polar surface area (TPSA) is 39.1 Å². The molecule has 98 valence electrons. The lowest BCUT2D eigenvalue weighted by Crippen LogP contribution is -2.39. The van der Waals surface area contributed by atoms with Crippen LogP contribution in [-0.4, -0.2) is 37.1 Å². The standard InChI is InChI=1S/C14H27N3/c1-4-9-17(11-13-6-7-13)10-5-8-14(2,12-15)16-3/h13,16H,4-11H2,1-3H3. The summed E-state index contributed by atoms with van der Waals surface area (Å²) in [5.41, 5.74) is -0.350. The Labute approximate surface area is 106 Å².